The van der Waals surface area contributed by atoms with Crippen molar-refractivity contribution in [1.29, 1.82) is 0 Å². The Labute approximate surface area is 163 Å². The van der Waals surface area contributed by atoms with E-state index in [1.54, 1.807) is 0 Å². The molecule has 2 aliphatic rings. The van der Waals surface area contributed by atoms with Crippen LogP contribution in [0, 0.1) is 19.8 Å². The van der Waals surface area contributed by atoms with Crippen LogP contribution in [0.1, 0.15) is 36.8 Å². The van der Waals surface area contributed by atoms with E-state index in [1.165, 1.54) is 5.01 Å². The highest BCUT2D eigenvalue weighted by Gasteiger charge is 2.34. The molecule has 3 rings (SSSR count). The third kappa shape index (κ3) is 4.39. The lowest BCUT2D eigenvalue weighted by atomic mass is 9.93. The first-order valence-electron chi connectivity index (χ1n) is 9.46. The lowest BCUT2D eigenvalue weighted by Crippen LogP contribution is -2.51. The number of benzene rings is 1. The smallest absolute Gasteiger partial charge is 0.326 e. The van der Waals surface area contributed by atoms with Crippen LogP contribution in [0.5, 0.6) is 0 Å². The highest BCUT2D eigenvalue weighted by molar-refractivity contribution is 6.40. The fraction of sp³-hybridized carbons (Fsp3) is 0.500. The third-order valence-electron chi connectivity index (χ3n) is 5.11. The molecule has 1 aromatic carbocycles. The fourth-order valence-corrected chi connectivity index (χ4v) is 3.49. The van der Waals surface area contributed by atoms with Crippen LogP contribution in [0.4, 0.5) is 5.69 Å². The van der Waals surface area contributed by atoms with Crippen molar-refractivity contribution >= 4 is 29.2 Å². The molecule has 28 heavy (non-hydrogen) atoms. The van der Waals surface area contributed by atoms with E-state index in [1.807, 2.05) is 32.0 Å². The summed E-state index contributed by atoms with van der Waals surface area (Å²) in [6, 6.07) is 4.64. The summed E-state index contributed by atoms with van der Waals surface area (Å²) in [5, 5.41) is 17.6. The molecule has 0 spiro atoms. The van der Waals surface area contributed by atoms with Crippen molar-refractivity contribution in [3.8, 4) is 0 Å². The summed E-state index contributed by atoms with van der Waals surface area (Å²) in [7, 11) is 0. The lowest BCUT2D eigenvalue weighted by molar-refractivity contribution is -0.144. The molecular weight excluding hydrogens is 362 g/mol. The number of aliphatic carboxylic acids is 1. The first-order chi connectivity index (χ1) is 13.4. The van der Waals surface area contributed by atoms with Crippen LogP contribution < -0.4 is 10.3 Å². The second kappa shape index (κ2) is 8.52. The minimum atomic E-state index is -1.09. The summed E-state index contributed by atoms with van der Waals surface area (Å²) in [6.45, 7) is 4.70. The van der Waals surface area contributed by atoms with Gasteiger partial charge >= 0.3 is 5.97 Å². The number of carboxylic acid groups (broad SMARTS) is 1. The lowest BCUT2D eigenvalue weighted by Gasteiger charge is -2.29. The van der Waals surface area contributed by atoms with Crippen molar-refractivity contribution in [3.63, 3.8) is 0 Å². The molecule has 1 fully saturated rings. The monoisotopic (exact) mass is 387 g/mol. The Balaban J connectivity index is 1.81. The molecule has 1 aromatic rings. The molecule has 1 saturated heterocycles. The number of ether oxygens (including phenoxy) is 1. The van der Waals surface area contributed by atoms with Crippen LogP contribution in [0.3, 0.4) is 0 Å². The Bertz CT molecular complexity index is 814. The summed E-state index contributed by atoms with van der Waals surface area (Å²) in [5.41, 5.74) is 2.63. The molecule has 0 bridgehead atoms. The minimum Gasteiger partial charge on any atom is -0.480 e. The van der Waals surface area contributed by atoms with Crippen molar-refractivity contribution in [2.75, 3.05) is 18.2 Å². The second-order valence-corrected chi connectivity index (χ2v) is 7.31. The maximum atomic E-state index is 12.7. The van der Waals surface area contributed by atoms with Crippen LogP contribution in [-0.4, -0.2) is 47.9 Å². The molecule has 8 heteroatoms. The zero-order valence-electron chi connectivity index (χ0n) is 16.1. The SMILES string of the molecule is Cc1ccc(C)c(N2N=C(C(=O)NC(C(=O)O)C3CCCOC3)CCC2=O)c1. The van der Waals surface area contributed by atoms with Crippen molar-refractivity contribution in [1.82, 2.24) is 5.32 Å². The van der Waals surface area contributed by atoms with Crippen LogP contribution in [0.15, 0.2) is 23.3 Å². The largest absolute Gasteiger partial charge is 0.480 e. The van der Waals surface area contributed by atoms with Gasteiger partial charge in [0.05, 0.1) is 12.3 Å². The first-order valence-corrected chi connectivity index (χ1v) is 9.46. The fourth-order valence-electron chi connectivity index (χ4n) is 3.49. The van der Waals surface area contributed by atoms with E-state index >= 15 is 0 Å². The molecule has 2 atom stereocenters. The molecule has 2 N–H and O–H groups in total. The zero-order valence-corrected chi connectivity index (χ0v) is 16.1. The maximum absolute atomic E-state index is 12.7. The van der Waals surface area contributed by atoms with E-state index in [0.717, 1.165) is 17.5 Å². The normalized spacial score (nSPS) is 21.1. The molecule has 2 unspecified atom stereocenters. The van der Waals surface area contributed by atoms with Gasteiger partial charge in [0.15, 0.2) is 0 Å². The van der Waals surface area contributed by atoms with Crippen LogP contribution >= 0.6 is 0 Å². The predicted molar refractivity (Wildman–Crippen MR) is 103 cm³/mol. The standard InChI is InChI=1S/C20H25N3O5/c1-12-5-6-13(2)16(10-12)23-17(24)8-7-15(22-23)19(25)21-18(20(26)27)14-4-3-9-28-11-14/h5-6,10,14,18H,3-4,7-9,11H2,1-2H3,(H,21,25)(H,26,27). The third-order valence-corrected chi connectivity index (χ3v) is 5.11. The second-order valence-electron chi connectivity index (χ2n) is 7.31. The summed E-state index contributed by atoms with van der Waals surface area (Å²) < 4.78 is 5.36. The molecule has 0 aromatic heterocycles. The Kier molecular flexibility index (Phi) is 6.08. The van der Waals surface area contributed by atoms with Crippen LogP contribution in [-0.2, 0) is 19.1 Å². The molecule has 150 valence electrons. The van der Waals surface area contributed by atoms with Crippen molar-refractivity contribution in [2.24, 2.45) is 11.0 Å². The molecule has 8 nitrogen and oxygen atoms in total. The van der Waals surface area contributed by atoms with Gasteiger partial charge in [-0.1, -0.05) is 12.1 Å². The van der Waals surface area contributed by atoms with Gasteiger partial charge in [0, 0.05) is 25.4 Å². The average Bonchev–Trinajstić information content (AvgIpc) is 2.68. The van der Waals surface area contributed by atoms with Crippen molar-refractivity contribution < 1.29 is 24.2 Å². The number of aryl methyl sites for hydroxylation is 2. The Morgan fingerprint density at radius 1 is 1.32 bits per heavy atom. The van der Waals surface area contributed by atoms with Gasteiger partial charge in [-0.15, -0.1) is 0 Å². The van der Waals surface area contributed by atoms with E-state index in [2.05, 4.69) is 10.4 Å². The van der Waals surface area contributed by atoms with Gasteiger partial charge in [0.1, 0.15) is 11.8 Å². The van der Waals surface area contributed by atoms with Crippen molar-refractivity contribution in [3.05, 3.63) is 29.3 Å². The van der Waals surface area contributed by atoms with Crippen LogP contribution in [0.25, 0.3) is 0 Å². The summed E-state index contributed by atoms with van der Waals surface area (Å²) >= 11 is 0. The highest BCUT2D eigenvalue weighted by Crippen LogP contribution is 2.25. The quantitative estimate of drug-likeness (QED) is 0.801. The van der Waals surface area contributed by atoms with Gasteiger partial charge < -0.3 is 15.2 Å². The molecule has 2 heterocycles. The number of amides is 2. The Morgan fingerprint density at radius 3 is 2.79 bits per heavy atom. The van der Waals surface area contributed by atoms with Gasteiger partial charge in [-0.3, -0.25) is 9.59 Å². The zero-order chi connectivity index (χ0) is 20.3. The number of carboxylic acids is 1. The number of anilines is 1. The number of carbonyl (C=O) groups excluding carboxylic acids is 2. The van der Waals surface area contributed by atoms with Gasteiger partial charge in [-0.2, -0.15) is 5.10 Å². The number of carbonyl (C=O) groups is 3. The number of hydrogen-bond donors (Lipinski definition) is 2. The van der Waals surface area contributed by atoms with Crippen molar-refractivity contribution in [2.45, 2.75) is 45.6 Å². The molecule has 2 aliphatic heterocycles. The first kappa shape index (κ1) is 20.0. The minimum absolute atomic E-state index is 0.143. The number of hydrogen-bond acceptors (Lipinski definition) is 5. The van der Waals surface area contributed by atoms with Gasteiger partial charge in [-0.05, 0) is 43.9 Å². The number of rotatable bonds is 5. The van der Waals surface area contributed by atoms with Crippen LogP contribution in [0.2, 0.25) is 0 Å². The Morgan fingerprint density at radius 2 is 2.11 bits per heavy atom. The van der Waals surface area contributed by atoms with Gasteiger partial charge in [0.25, 0.3) is 5.91 Å². The summed E-state index contributed by atoms with van der Waals surface area (Å²) in [4.78, 5) is 36.8. The van der Waals surface area contributed by atoms with Gasteiger partial charge in [-0.25, -0.2) is 9.80 Å². The molecular formula is C20H25N3O5. The predicted octanol–water partition coefficient (Wildman–Crippen LogP) is 1.78. The number of hydrazone groups is 1. The van der Waals surface area contributed by atoms with E-state index in [-0.39, 0.29) is 30.4 Å². The molecule has 0 aliphatic carbocycles. The Hall–Kier alpha value is -2.74. The molecule has 2 amide bonds. The average molecular weight is 387 g/mol. The summed E-state index contributed by atoms with van der Waals surface area (Å²) in [5.74, 6) is -2.12. The molecule has 0 saturated carbocycles. The maximum Gasteiger partial charge on any atom is 0.326 e. The van der Waals surface area contributed by atoms with E-state index < -0.39 is 17.9 Å². The summed E-state index contributed by atoms with van der Waals surface area (Å²) in [6.07, 6.45) is 1.76. The van der Waals surface area contributed by atoms with E-state index in [9.17, 15) is 19.5 Å². The number of nitrogens with zero attached hydrogens (tertiary/aromatic N) is 2. The number of nitrogens with one attached hydrogen (secondary N) is 1. The van der Waals surface area contributed by atoms with E-state index in [4.69, 9.17) is 4.74 Å². The van der Waals surface area contributed by atoms with E-state index in [0.29, 0.717) is 25.3 Å². The van der Waals surface area contributed by atoms with Gasteiger partial charge in [0.2, 0.25) is 5.91 Å². The molecule has 0 radical (unpaired) electrons. The highest BCUT2D eigenvalue weighted by atomic mass is 16.5. The topological polar surface area (TPSA) is 108 Å².